The molecule has 1 fully saturated rings. The number of hydrogen-bond acceptors (Lipinski definition) is 2. The molecule has 3 rings (SSSR count). The molecule has 0 aliphatic carbocycles. The van der Waals surface area contributed by atoms with Crippen LogP contribution < -0.4 is 15.5 Å². The minimum Gasteiger partial charge on any atom is -0.334 e. The van der Waals surface area contributed by atoms with Gasteiger partial charge in [0, 0.05) is 25.2 Å². The second-order valence-corrected chi connectivity index (χ2v) is 6.19. The van der Waals surface area contributed by atoms with Crippen molar-refractivity contribution in [3.63, 3.8) is 0 Å². The first kappa shape index (κ1) is 17.0. The van der Waals surface area contributed by atoms with Crippen molar-refractivity contribution in [2.75, 3.05) is 11.4 Å². The smallest absolute Gasteiger partial charge is 0.315 e. The molecule has 5 nitrogen and oxygen atoms in total. The van der Waals surface area contributed by atoms with Crippen LogP contribution in [-0.4, -0.2) is 24.5 Å². The Morgan fingerprint density at radius 1 is 1.16 bits per heavy atom. The Bertz CT molecular complexity index is 759. The summed E-state index contributed by atoms with van der Waals surface area (Å²) in [6.07, 6.45) is 0.231. The maximum Gasteiger partial charge on any atom is 0.315 e. The van der Waals surface area contributed by atoms with Gasteiger partial charge in [-0.2, -0.15) is 0 Å². The van der Waals surface area contributed by atoms with Crippen LogP contribution in [0.3, 0.4) is 0 Å². The number of anilines is 1. The summed E-state index contributed by atoms with van der Waals surface area (Å²) in [5.74, 6) is -0.434. The zero-order valence-corrected chi connectivity index (χ0v) is 14.0. The van der Waals surface area contributed by atoms with Crippen molar-refractivity contribution in [3.05, 3.63) is 65.5 Å². The molecule has 1 unspecified atom stereocenters. The summed E-state index contributed by atoms with van der Waals surface area (Å²) in [7, 11) is 0. The van der Waals surface area contributed by atoms with E-state index in [-0.39, 0.29) is 30.2 Å². The predicted molar refractivity (Wildman–Crippen MR) is 93.7 cm³/mol. The molecule has 1 aliphatic rings. The fourth-order valence-electron chi connectivity index (χ4n) is 2.80. The molecule has 0 bridgehead atoms. The van der Waals surface area contributed by atoms with Crippen LogP contribution in [0.1, 0.15) is 17.5 Å². The monoisotopic (exact) mass is 341 g/mol. The third-order valence-electron chi connectivity index (χ3n) is 4.17. The van der Waals surface area contributed by atoms with Crippen molar-refractivity contribution in [2.45, 2.75) is 25.9 Å². The van der Waals surface area contributed by atoms with Crippen molar-refractivity contribution >= 4 is 17.6 Å². The van der Waals surface area contributed by atoms with Gasteiger partial charge in [0.2, 0.25) is 5.91 Å². The summed E-state index contributed by atoms with van der Waals surface area (Å²) < 4.78 is 13.0. The number of rotatable bonds is 4. The highest BCUT2D eigenvalue weighted by Gasteiger charge is 2.31. The fraction of sp³-hybridized carbons (Fsp3) is 0.263. The normalized spacial score (nSPS) is 16.8. The highest BCUT2D eigenvalue weighted by atomic mass is 19.1. The lowest BCUT2D eigenvalue weighted by Crippen LogP contribution is -2.43. The van der Waals surface area contributed by atoms with Crippen LogP contribution in [0.4, 0.5) is 14.9 Å². The van der Waals surface area contributed by atoms with E-state index in [1.54, 1.807) is 17.0 Å². The first-order valence-corrected chi connectivity index (χ1v) is 8.17. The minimum atomic E-state index is -0.347. The number of nitrogens with zero attached hydrogens (tertiary/aromatic N) is 1. The summed E-state index contributed by atoms with van der Waals surface area (Å²) in [4.78, 5) is 25.7. The summed E-state index contributed by atoms with van der Waals surface area (Å²) in [6, 6.07) is 13.1. The Hall–Kier alpha value is -2.89. The Kier molecular flexibility index (Phi) is 4.97. The van der Waals surface area contributed by atoms with E-state index in [1.807, 2.05) is 31.2 Å². The van der Waals surface area contributed by atoms with Crippen LogP contribution in [0.15, 0.2) is 48.5 Å². The fourth-order valence-corrected chi connectivity index (χ4v) is 2.80. The number of aryl methyl sites for hydroxylation is 1. The molecule has 2 aromatic carbocycles. The molecule has 2 aromatic rings. The highest BCUT2D eigenvalue weighted by molar-refractivity contribution is 5.96. The molecule has 0 spiro atoms. The molecule has 1 aliphatic heterocycles. The van der Waals surface area contributed by atoms with Gasteiger partial charge in [-0.3, -0.25) is 4.79 Å². The molecular weight excluding hydrogens is 321 g/mol. The van der Waals surface area contributed by atoms with Gasteiger partial charge < -0.3 is 15.5 Å². The third kappa shape index (κ3) is 4.35. The van der Waals surface area contributed by atoms with Gasteiger partial charge >= 0.3 is 6.03 Å². The molecular formula is C19H20FN3O2. The van der Waals surface area contributed by atoms with Gasteiger partial charge in [0.1, 0.15) is 5.82 Å². The number of hydrogen-bond donors (Lipinski definition) is 2. The Labute approximate surface area is 145 Å². The minimum absolute atomic E-state index is 0.0876. The lowest BCUT2D eigenvalue weighted by Gasteiger charge is -2.17. The number of nitrogens with one attached hydrogen (secondary N) is 2. The van der Waals surface area contributed by atoms with Crippen LogP contribution >= 0.6 is 0 Å². The highest BCUT2D eigenvalue weighted by Crippen LogP contribution is 2.21. The zero-order valence-electron chi connectivity index (χ0n) is 14.0. The van der Waals surface area contributed by atoms with Gasteiger partial charge in [-0.05, 0) is 36.8 Å². The molecule has 130 valence electrons. The maximum atomic E-state index is 13.0. The quantitative estimate of drug-likeness (QED) is 0.898. The molecule has 0 saturated carbocycles. The van der Waals surface area contributed by atoms with Crippen molar-refractivity contribution in [3.8, 4) is 0 Å². The van der Waals surface area contributed by atoms with E-state index in [2.05, 4.69) is 10.6 Å². The molecule has 0 aromatic heterocycles. The standard InChI is InChI=1S/C19H20FN3O2/c1-13-2-4-14(5-3-13)11-21-19(25)22-16-10-18(24)23(12-16)17-8-6-15(20)7-9-17/h2-9,16H,10-12H2,1H3,(H2,21,22,25). The first-order valence-electron chi connectivity index (χ1n) is 8.17. The average Bonchev–Trinajstić information content (AvgIpc) is 2.95. The number of amides is 3. The van der Waals surface area contributed by atoms with Crippen molar-refractivity contribution in [1.82, 2.24) is 10.6 Å². The van der Waals surface area contributed by atoms with Gasteiger partial charge in [-0.1, -0.05) is 29.8 Å². The van der Waals surface area contributed by atoms with Gasteiger partial charge in [-0.25, -0.2) is 9.18 Å². The van der Waals surface area contributed by atoms with Crippen molar-refractivity contribution in [2.24, 2.45) is 0 Å². The molecule has 25 heavy (non-hydrogen) atoms. The van der Waals surface area contributed by atoms with Crippen LogP contribution in [0.5, 0.6) is 0 Å². The second-order valence-electron chi connectivity index (χ2n) is 6.19. The number of carbonyl (C=O) groups excluding carboxylic acids is 2. The van der Waals surface area contributed by atoms with E-state index in [0.29, 0.717) is 18.8 Å². The topological polar surface area (TPSA) is 61.4 Å². The van der Waals surface area contributed by atoms with Gasteiger partial charge in [0.05, 0.1) is 6.04 Å². The van der Waals surface area contributed by atoms with E-state index >= 15 is 0 Å². The van der Waals surface area contributed by atoms with E-state index in [9.17, 15) is 14.0 Å². The lowest BCUT2D eigenvalue weighted by molar-refractivity contribution is -0.117. The van der Waals surface area contributed by atoms with E-state index in [1.165, 1.54) is 17.7 Å². The van der Waals surface area contributed by atoms with E-state index in [0.717, 1.165) is 5.56 Å². The molecule has 2 N–H and O–H groups in total. The Balaban J connectivity index is 1.51. The maximum absolute atomic E-state index is 13.0. The van der Waals surface area contributed by atoms with Crippen molar-refractivity contribution in [1.29, 1.82) is 0 Å². The number of benzene rings is 2. The molecule has 1 atom stereocenters. The molecule has 0 radical (unpaired) electrons. The summed E-state index contributed by atoms with van der Waals surface area (Å²) >= 11 is 0. The largest absolute Gasteiger partial charge is 0.334 e. The van der Waals surface area contributed by atoms with Crippen LogP contribution in [0.25, 0.3) is 0 Å². The SMILES string of the molecule is Cc1ccc(CNC(=O)NC2CC(=O)N(c3ccc(F)cc3)C2)cc1. The predicted octanol–water partition coefficient (Wildman–Crippen LogP) is 2.74. The van der Waals surface area contributed by atoms with E-state index < -0.39 is 0 Å². The summed E-state index contributed by atoms with van der Waals surface area (Å²) in [5.41, 5.74) is 2.81. The van der Waals surface area contributed by atoms with Crippen LogP contribution in [0, 0.1) is 12.7 Å². The zero-order chi connectivity index (χ0) is 17.8. The molecule has 1 heterocycles. The second kappa shape index (κ2) is 7.34. The Morgan fingerprint density at radius 3 is 2.52 bits per heavy atom. The molecule has 3 amide bonds. The number of urea groups is 1. The number of halogens is 1. The molecule has 1 saturated heterocycles. The molecule has 6 heteroatoms. The summed E-state index contributed by atoms with van der Waals surface area (Å²) in [6.45, 7) is 2.81. The van der Waals surface area contributed by atoms with E-state index in [4.69, 9.17) is 0 Å². The van der Waals surface area contributed by atoms with Gasteiger partial charge in [-0.15, -0.1) is 0 Å². The van der Waals surface area contributed by atoms with Crippen molar-refractivity contribution < 1.29 is 14.0 Å². The Morgan fingerprint density at radius 2 is 1.84 bits per heavy atom. The first-order chi connectivity index (χ1) is 12.0. The van der Waals surface area contributed by atoms with Crippen LogP contribution in [0.2, 0.25) is 0 Å². The number of carbonyl (C=O) groups is 2. The van der Waals surface area contributed by atoms with Gasteiger partial charge in [0.25, 0.3) is 0 Å². The average molecular weight is 341 g/mol. The van der Waals surface area contributed by atoms with Crippen LogP contribution in [-0.2, 0) is 11.3 Å². The van der Waals surface area contributed by atoms with Gasteiger partial charge in [0.15, 0.2) is 0 Å². The lowest BCUT2D eigenvalue weighted by atomic mass is 10.1. The third-order valence-corrected chi connectivity index (χ3v) is 4.17. The summed E-state index contributed by atoms with van der Waals surface area (Å²) in [5, 5.41) is 5.61.